The van der Waals surface area contributed by atoms with E-state index in [1.165, 1.54) is 16.4 Å². The van der Waals surface area contributed by atoms with Gasteiger partial charge in [-0.15, -0.1) is 0 Å². The summed E-state index contributed by atoms with van der Waals surface area (Å²) < 4.78 is 26.7. The maximum atomic E-state index is 12.6. The van der Waals surface area contributed by atoms with Crippen LogP contribution in [-0.2, 0) is 10.0 Å². The average Bonchev–Trinajstić information content (AvgIpc) is 2.38. The van der Waals surface area contributed by atoms with E-state index in [2.05, 4.69) is 4.90 Å². The first-order valence-corrected chi connectivity index (χ1v) is 8.36. The highest BCUT2D eigenvalue weighted by Gasteiger charge is 2.31. The summed E-state index contributed by atoms with van der Waals surface area (Å²) in [6, 6.07) is 4.94. The number of nitrogens with zero attached hydrogens (tertiary/aromatic N) is 2. The summed E-state index contributed by atoms with van der Waals surface area (Å²) in [6.45, 7) is 1.04. The fraction of sp³-hybridized carbons (Fsp3) is 0.538. The van der Waals surface area contributed by atoms with Crippen molar-refractivity contribution in [2.75, 3.05) is 32.9 Å². The fourth-order valence-corrected chi connectivity index (χ4v) is 4.24. The molecule has 0 bridgehead atoms. The highest BCUT2D eigenvalue weighted by molar-refractivity contribution is 7.89. The molecule has 2 N–H and O–H groups in total. The van der Waals surface area contributed by atoms with Gasteiger partial charge in [-0.3, -0.25) is 0 Å². The van der Waals surface area contributed by atoms with Gasteiger partial charge in [0.05, 0.1) is 5.69 Å². The molecule has 1 heterocycles. The second kappa shape index (κ2) is 5.89. The van der Waals surface area contributed by atoms with Gasteiger partial charge in [-0.25, -0.2) is 8.42 Å². The Labute approximate surface area is 125 Å². The summed E-state index contributed by atoms with van der Waals surface area (Å²) in [5, 5.41) is 0.438. The Balaban J connectivity index is 2.20. The first-order chi connectivity index (χ1) is 9.32. The van der Waals surface area contributed by atoms with Gasteiger partial charge in [0, 0.05) is 24.2 Å². The standard InChI is InChI=1S/C13H20ClN3O2S/c1-16(2)11-5-7-17(8-6-11)20(18,19)13-4-3-10(14)9-12(13)15/h3-4,9,11H,5-8,15H2,1-2H3. The summed E-state index contributed by atoms with van der Waals surface area (Å²) in [5.74, 6) is 0. The topological polar surface area (TPSA) is 66.6 Å². The van der Waals surface area contributed by atoms with Crippen molar-refractivity contribution < 1.29 is 8.42 Å². The molecule has 0 amide bonds. The third-order valence-corrected chi connectivity index (χ3v) is 5.95. The van der Waals surface area contributed by atoms with Gasteiger partial charge in [0.25, 0.3) is 0 Å². The van der Waals surface area contributed by atoms with Crippen molar-refractivity contribution in [1.82, 2.24) is 9.21 Å². The van der Waals surface area contributed by atoms with Crippen molar-refractivity contribution in [1.29, 1.82) is 0 Å². The SMILES string of the molecule is CN(C)C1CCN(S(=O)(=O)c2ccc(Cl)cc2N)CC1. The Kier molecular flexibility index (Phi) is 4.59. The van der Waals surface area contributed by atoms with Crippen LogP contribution >= 0.6 is 11.6 Å². The minimum atomic E-state index is -3.53. The van der Waals surface area contributed by atoms with E-state index in [0.29, 0.717) is 24.2 Å². The lowest BCUT2D eigenvalue weighted by molar-refractivity contribution is 0.196. The van der Waals surface area contributed by atoms with Crippen LogP contribution in [0, 0.1) is 0 Å². The largest absolute Gasteiger partial charge is 0.398 e. The molecule has 20 heavy (non-hydrogen) atoms. The number of benzene rings is 1. The molecule has 112 valence electrons. The minimum Gasteiger partial charge on any atom is -0.398 e. The van der Waals surface area contributed by atoms with Crippen molar-refractivity contribution in [3.63, 3.8) is 0 Å². The number of hydrogen-bond donors (Lipinski definition) is 1. The molecular formula is C13H20ClN3O2S. The molecule has 5 nitrogen and oxygen atoms in total. The van der Waals surface area contributed by atoms with E-state index in [9.17, 15) is 8.42 Å². The molecule has 1 aromatic rings. The van der Waals surface area contributed by atoms with Crippen LogP contribution in [0.1, 0.15) is 12.8 Å². The third kappa shape index (κ3) is 3.09. The molecule has 2 rings (SSSR count). The van der Waals surface area contributed by atoms with E-state index >= 15 is 0 Å². The van der Waals surface area contributed by atoms with Crippen LogP contribution in [0.2, 0.25) is 5.02 Å². The van der Waals surface area contributed by atoms with E-state index in [4.69, 9.17) is 17.3 Å². The summed E-state index contributed by atoms with van der Waals surface area (Å²) in [5.41, 5.74) is 5.99. The van der Waals surface area contributed by atoms with E-state index in [-0.39, 0.29) is 10.6 Å². The lowest BCUT2D eigenvalue weighted by Crippen LogP contribution is -2.44. The van der Waals surface area contributed by atoms with Crippen LogP contribution in [0.3, 0.4) is 0 Å². The molecule has 0 unspecified atom stereocenters. The van der Waals surface area contributed by atoms with Crippen LogP contribution in [0.4, 0.5) is 5.69 Å². The lowest BCUT2D eigenvalue weighted by atomic mass is 10.1. The second-order valence-corrected chi connectivity index (χ2v) is 7.62. The number of sulfonamides is 1. The Bertz CT molecular complexity index is 581. The summed E-state index contributed by atoms with van der Waals surface area (Å²) >= 11 is 5.81. The van der Waals surface area contributed by atoms with Crippen LogP contribution < -0.4 is 5.73 Å². The maximum absolute atomic E-state index is 12.6. The molecule has 1 aliphatic rings. The quantitative estimate of drug-likeness (QED) is 0.861. The number of nitrogen functional groups attached to an aromatic ring is 1. The minimum absolute atomic E-state index is 0.144. The summed E-state index contributed by atoms with van der Waals surface area (Å²) in [4.78, 5) is 2.28. The molecule has 0 aromatic heterocycles. The third-order valence-electron chi connectivity index (χ3n) is 3.74. The Morgan fingerprint density at radius 1 is 1.30 bits per heavy atom. The van der Waals surface area contributed by atoms with Gasteiger partial charge in [0.15, 0.2) is 0 Å². The van der Waals surface area contributed by atoms with Gasteiger partial charge in [-0.1, -0.05) is 11.6 Å². The van der Waals surface area contributed by atoms with E-state index in [1.807, 2.05) is 14.1 Å². The van der Waals surface area contributed by atoms with Gasteiger partial charge in [0.2, 0.25) is 10.0 Å². The van der Waals surface area contributed by atoms with Gasteiger partial charge in [-0.05, 0) is 45.1 Å². The average molecular weight is 318 g/mol. The molecular weight excluding hydrogens is 298 g/mol. The lowest BCUT2D eigenvalue weighted by Gasteiger charge is -2.34. The fourth-order valence-electron chi connectivity index (χ4n) is 2.49. The maximum Gasteiger partial charge on any atom is 0.245 e. The zero-order chi connectivity index (χ0) is 14.9. The van der Waals surface area contributed by atoms with Crippen LogP contribution in [0.25, 0.3) is 0 Å². The highest BCUT2D eigenvalue weighted by Crippen LogP contribution is 2.27. The first kappa shape index (κ1) is 15.6. The molecule has 0 aliphatic carbocycles. The van der Waals surface area contributed by atoms with Gasteiger partial charge in [-0.2, -0.15) is 4.31 Å². The predicted octanol–water partition coefficient (Wildman–Crippen LogP) is 1.64. The zero-order valence-electron chi connectivity index (χ0n) is 11.7. The molecule has 0 spiro atoms. The predicted molar refractivity (Wildman–Crippen MR) is 81.3 cm³/mol. The molecule has 0 radical (unpaired) electrons. The van der Waals surface area contributed by atoms with Crippen molar-refractivity contribution in [3.05, 3.63) is 23.2 Å². The summed E-state index contributed by atoms with van der Waals surface area (Å²) in [7, 11) is 0.512. The Morgan fingerprint density at radius 3 is 2.40 bits per heavy atom. The number of rotatable bonds is 3. The second-order valence-electron chi connectivity index (χ2n) is 5.28. The number of nitrogens with two attached hydrogens (primary N) is 1. The molecule has 1 saturated heterocycles. The molecule has 0 atom stereocenters. The van der Waals surface area contributed by atoms with Crippen molar-refractivity contribution in [2.24, 2.45) is 0 Å². The number of halogens is 1. The van der Waals surface area contributed by atoms with Crippen LogP contribution in [0.15, 0.2) is 23.1 Å². The molecule has 0 saturated carbocycles. The Morgan fingerprint density at radius 2 is 1.90 bits per heavy atom. The number of anilines is 1. The van der Waals surface area contributed by atoms with Gasteiger partial charge in [0.1, 0.15) is 4.90 Å². The number of piperidine rings is 1. The van der Waals surface area contributed by atoms with Crippen molar-refractivity contribution in [2.45, 2.75) is 23.8 Å². The van der Waals surface area contributed by atoms with Crippen molar-refractivity contribution in [3.8, 4) is 0 Å². The molecule has 7 heteroatoms. The smallest absolute Gasteiger partial charge is 0.245 e. The molecule has 1 aromatic carbocycles. The van der Waals surface area contributed by atoms with Gasteiger partial charge < -0.3 is 10.6 Å². The normalized spacial score (nSPS) is 18.6. The highest BCUT2D eigenvalue weighted by atomic mass is 35.5. The monoisotopic (exact) mass is 317 g/mol. The number of hydrogen-bond acceptors (Lipinski definition) is 4. The van der Waals surface area contributed by atoms with E-state index in [0.717, 1.165) is 12.8 Å². The van der Waals surface area contributed by atoms with E-state index in [1.54, 1.807) is 6.07 Å². The first-order valence-electron chi connectivity index (χ1n) is 6.54. The van der Waals surface area contributed by atoms with Crippen LogP contribution in [-0.4, -0.2) is 50.8 Å². The van der Waals surface area contributed by atoms with E-state index < -0.39 is 10.0 Å². The van der Waals surface area contributed by atoms with Crippen LogP contribution in [0.5, 0.6) is 0 Å². The zero-order valence-corrected chi connectivity index (χ0v) is 13.3. The van der Waals surface area contributed by atoms with Crippen molar-refractivity contribution >= 4 is 27.3 Å². The molecule has 1 aliphatic heterocycles. The van der Waals surface area contributed by atoms with Gasteiger partial charge >= 0.3 is 0 Å². The Hall–Kier alpha value is -0.820. The molecule has 1 fully saturated rings. The summed E-state index contributed by atoms with van der Waals surface area (Å²) in [6.07, 6.45) is 1.67.